The molecule has 0 saturated heterocycles. The summed E-state index contributed by atoms with van der Waals surface area (Å²) in [5.74, 6) is -0.240. The molecule has 160 valence electrons. The Balaban J connectivity index is 1.58. The van der Waals surface area contributed by atoms with Crippen LogP contribution in [0.4, 0.5) is 5.69 Å². The zero-order chi connectivity index (χ0) is 22.5. The predicted molar refractivity (Wildman–Crippen MR) is 136 cm³/mol. The van der Waals surface area contributed by atoms with Crippen molar-refractivity contribution in [3.05, 3.63) is 112 Å². The van der Waals surface area contributed by atoms with Gasteiger partial charge in [-0.3, -0.25) is 4.79 Å². The van der Waals surface area contributed by atoms with E-state index in [1.165, 1.54) is 0 Å². The van der Waals surface area contributed by atoms with E-state index in [9.17, 15) is 4.79 Å². The monoisotopic (exact) mass is 459 g/mol. The van der Waals surface area contributed by atoms with Crippen LogP contribution in [-0.4, -0.2) is 11.0 Å². The zero-order valence-electron chi connectivity index (χ0n) is 17.4. The standard InChI is InChI=1S/C26H22ClN3OS/c1-17-23(25(31)29-22-10-6-5-9-21(22)27)24(30-26(32)28-17)20-15-13-19(14-16-20)12-11-18-7-3-2-4-8-18/h2-16,24H,1H3,(H,29,31)(H2,28,30,32)/b12-11+. The minimum absolute atomic E-state index is 0.240. The summed E-state index contributed by atoms with van der Waals surface area (Å²) in [4.78, 5) is 13.2. The van der Waals surface area contributed by atoms with Crippen molar-refractivity contribution in [1.29, 1.82) is 0 Å². The van der Waals surface area contributed by atoms with Gasteiger partial charge in [0.25, 0.3) is 5.91 Å². The maximum Gasteiger partial charge on any atom is 0.255 e. The second kappa shape index (κ2) is 9.81. The Morgan fingerprint density at radius 3 is 2.25 bits per heavy atom. The SMILES string of the molecule is CC1=C(C(=O)Nc2ccccc2Cl)C(c2ccc(/C=C/c3ccccc3)cc2)NC(=S)N1. The molecule has 3 aromatic carbocycles. The third-order valence-corrected chi connectivity index (χ3v) is 5.72. The first kappa shape index (κ1) is 21.8. The minimum atomic E-state index is -0.376. The van der Waals surface area contributed by atoms with Crippen molar-refractivity contribution in [3.8, 4) is 0 Å². The summed E-state index contributed by atoms with van der Waals surface area (Å²) < 4.78 is 0. The van der Waals surface area contributed by atoms with Crippen LogP contribution in [0.3, 0.4) is 0 Å². The van der Waals surface area contributed by atoms with Crippen LogP contribution in [0.25, 0.3) is 12.2 Å². The molecule has 0 bridgehead atoms. The number of hydrogen-bond acceptors (Lipinski definition) is 2. The Morgan fingerprint density at radius 2 is 1.56 bits per heavy atom. The second-order valence-electron chi connectivity index (χ2n) is 7.41. The van der Waals surface area contributed by atoms with Crippen LogP contribution in [0.1, 0.15) is 29.7 Å². The van der Waals surface area contributed by atoms with Crippen LogP contribution in [0.2, 0.25) is 5.02 Å². The van der Waals surface area contributed by atoms with Crippen molar-refractivity contribution in [2.24, 2.45) is 0 Å². The quantitative estimate of drug-likeness (QED) is 0.326. The lowest BCUT2D eigenvalue weighted by Crippen LogP contribution is -2.45. The number of carbonyl (C=O) groups is 1. The highest BCUT2D eigenvalue weighted by Gasteiger charge is 2.30. The van der Waals surface area contributed by atoms with E-state index >= 15 is 0 Å². The van der Waals surface area contributed by atoms with E-state index in [-0.39, 0.29) is 11.9 Å². The van der Waals surface area contributed by atoms with E-state index in [0.29, 0.717) is 27.1 Å². The summed E-state index contributed by atoms with van der Waals surface area (Å²) in [5.41, 5.74) is 4.97. The number of benzene rings is 3. The summed E-state index contributed by atoms with van der Waals surface area (Å²) in [6.45, 7) is 1.85. The molecule has 0 spiro atoms. The molecule has 6 heteroatoms. The lowest BCUT2D eigenvalue weighted by atomic mass is 9.94. The zero-order valence-corrected chi connectivity index (χ0v) is 19.0. The van der Waals surface area contributed by atoms with Crippen LogP contribution in [0, 0.1) is 0 Å². The van der Waals surface area contributed by atoms with Gasteiger partial charge in [-0.1, -0.05) is 90.5 Å². The van der Waals surface area contributed by atoms with Gasteiger partial charge in [0.05, 0.1) is 22.3 Å². The number of nitrogens with one attached hydrogen (secondary N) is 3. The largest absolute Gasteiger partial charge is 0.351 e. The predicted octanol–water partition coefficient (Wildman–Crippen LogP) is 5.94. The molecule has 0 aromatic heterocycles. The van der Waals surface area contributed by atoms with E-state index in [2.05, 4.69) is 40.2 Å². The number of anilines is 1. The van der Waals surface area contributed by atoms with Gasteiger partial charge in [-0.05, 0) is 48.0 Å². The van der Waals surface area contributed by atoms with Gasteiger partial charge in [0, 0.05) is 5.70 Å². The average Bonchev–Trinajstić information content (AvgIpc) is 2.79. The van der Waals surface area contributed by atoms with E-state index in [4.69, 9.17) is 23.8 Å². The number of thiocarbonyl (C=S) groups is 1. The molecule has 4 nitrogen and oxygen atoms in total. The lowest BCUT2D eigenvalue weighted by Gasteiger charge is -2.30. The third-order valence-electron chi connectivity index (χ3n) is 5.17. The summed E-state index contributed by atoms with van der Waals surface area (Å²) in [6.07, 6.45) is 4.13. The Kier molecular flexibility index (Phi) is 6.69. The first-order valence-electron chi connectivity index (χ1n) is 10.2. The van der Waals surface area contributed by atoms with E-state index in [0.717, 1.165) is 16.7 Å². The number of halogens is 1. The van der Waals surface area contributed by atoms with Crippen LogP contribution >= 0.6 is 23.8 Å². The summed E-state index contributed by atoms with van der Waals surface area (Å²) in [6, 6.07) is 25.0. The molecule has 4 rings (SSSR count). The minimum Gasteiger partial charge on any atom is -0.351 e. The van der Waals surface area contributed by atoms with Gasteiger partial charge in [0.2, 0.25) is 0 Å². The van der Waals surface area contributed by atoms with Crippen molar-refractivity contribution in [2.45, 2.75) is 13.0 Å². The van der Waals surface area contributed by atoms with Crippen molar-refractivity contribution in [2.75, 3.05) is 5.32 Å². The molecule has 0 radical (unpaired) electrons. The van der Waals surface area contributed by atoms with Crippen molar-refractivity contribution in [1.82, 2.24) is 10.6 Å². The van der Waals surface area contributed by atoms with Gasteiger partial charge in [-0.15, -0.1) is 0 Å². The number of para-hydroxylation sites is 1. The molecular weight excluding hydrogens is 438 g/mol. The molecule has 1 heterocycles. The van der Waals surface area contributed by atoms with Crippen LogP contribution in [-0.2, 0) is 4.79 Å². The van der Waals surface area contributed by atoms with Crippen LogP contribution in [0.15, 0.2) is 90.1 Å². The van der Waals surface area contributed by atoms with Crippen LogP contribution < -0.4 is 16.0 Å². The van der Waals surface area contributed by atoms with Crippen molar-refractivity contribution in [3.63, 3.8) is 0 Å². The van der Waals surface area contributed by atoms with Gasteiger partial charge >= 0.3 is 0 Å². The normalized spacial score (nSPS) is 15.9. The molecule has 0 fully saturated rings. The van der Waals surface area contributed by atoms with Crippen molar-refractivity contribution < 1.29 is 4.79 Å². The summed E-state index contributed by atoms with van der Waals surface area (Å²) in [5, 5.41) is 10.2. The number of amides is 1. The fourth-order valence-electron chi connectivity index (χ4n) is 3.55. The molecule has 32 heavy (non-hydrogen) atoms. The van der Waals surface area contributed by atoms with Gasteiger partial charge < -0.3 is 16.0 Å². The molecule has 1 atom stereocenters. The highest BCUT2D eigenvalue weighted by molar-refractivity contribution is 7.80. The molecule has 0 aliphatic carbocycles. The Hall–Kier alpha value is -3.41. The number of rotatable bonds is 5. The number of hydrogen-bond donors (Lipinski definition) is 3. The van der Waals surface area contributed by atoms with E-state index in [1.54, 1.807) is 12.1 Å². The Bertz CT molecular complexity index is 1200. The molecule has 3 N–H and O–H groups in total. The first-order valence-corrected chi connectivity index (χ1v) is 11.0. The number of carbonyl (C=O) groups excluding carboxylic acids is 1. The van der Waals surface area contributed by atoms with Gasteiger partial charge in [-0.25, -0.2) is 0 Å². The van der Waals surface area contributed by atoms with Crippen molar-refractivity contribution >= 4 is 52.7 Å². The van der Waals surface area contributed by atoms with Gasteiger partial charge in [0.15, 0.2) is 5.11 Å². The average molecular weight is 460 g/mol. The van der Waals surface area contributed by atoms with Crippen LogP contribution in [0.5, 0.6) is 0 Å². The lowest BCUT2D eigenvalue weighted by molar-refractivity contribution is -0.113. The summed E-state index contributed by atoms with van der Waals surface area (Å²) in [7, 11) is 0. The summed E-state index contributed by atoms with van der Waals surface area (Å²) >= 11 is 11.6. The van der Waals surface area contributed by atoms with Gasteiger partial charge in [-0.2, -0.15) is 0 Å². The molecule has 0 saturated carbocycles. The maximum absolute atomic E-state index is 13.2. The molecular formula is C26H22ClN3OS. The Labute approximate surface area is 198 Å². The first-order chi connectivity index (χ1) is 15.5. The molecule has 1 aliphatic rings. The van der Waals surface area contributed by atoms with Gasteiger partial charge in [0.1, 0.15) is 0 Å². The smallest absolute Gasteiger partial charge is 0.255 e. The molecule has 1 unspecified atom stereocenters. The Morgan fingerprint density at radius 1 is 0.938 bits per heavy atom. The fourth-order valence-corrected chi connectivity index (χ4v) is 4.01. The fraction of sp³-hybridized carbons (Fsp3) is 0.0769. The molecule has 3 aromatic rings. The second-order valence-corrected chi connectivity index (χ2v) is 8.23. The van der Waals surface area contributed by atoms with E-state index in [1.807, 2.05) is 61.5 Å². The third kappa shape index (κ3) is 5.07. The number of allylic oxidation sites excluding steroid dienone is 1. The highest BCUT2D eigenvalue weighted by Crippen LogP contribution is 2.29. The molecule has 1 amide bonds. The maximum atomic E-state index is 13.2. The topological polar surface area (TPSA) is 53.2 Å². The van der Waals surface area contributed by atoms with E-state index < -0.39 is 0 Å². The molecule has 1 aliphatic heterocycles. The highest BCUT2D eigenvalue weighted by atomic mass is 35.5.